The zero-order valence-electron chi connectivity index (χ0n) is 14.8. The highest BCUT2D eigenvalue weighted by Crippen LogP contribution is 2.28. The minimum absolute atomic E-state index is 0.00862. The number of nitrogens with zero attached hydrogens (tertiary/aromatic N) is 3. The first-order valence-corrected chi connectivity index (χ1v) is 8.53. The SMILES string of the molecule is CCOc1ccccc1N(CCC(=O)N1CCN(C=O)CC1)C(C)=O. The maximum Gasteiger partial charge on any atom is 0.224 e. The van der Waals surface area contributed by atoms with Crippen molar-refractivity contribution in [1.82, 2.24) is 9.80 Å². The second-order valence-electron chi connectivity index (χ2n) is 5.84. The van der Waals surface area contributed by atoms with Gasteiger partial charge in [-0.15, -0.1) is 0 Å². The van der Waals surface area contributed by atoms with Crippen LogP contribution in [0.5, 0.6) is 5.75 Å². The van der Waals surface area contributed by atoms with Crippen LogP contribution in [0.15, 0.2) is 24.3 Å². The molecule has 7 nitrogen and oxygen atoms in total. The number of carbonyl (C=O) groups is 3. The number of amides is 3. The maximum absolute atomic E-state index is 12.4. The summed E-state index contributed by atoms with van der Waals surface area (Å²) in [5.74, 6) is 0.490. The normalized spacial score (nSPS) is 14.2. The van der Waals surface area contributed by atoms with Crippen molar-refractivity contribution in [2.75, 3.05) is 44.2 Å². The van der Waals surface area contributed by atoms with Gasteiger partial charge >= 0.3 is 0 Å². The fourth-order valence-electron chi connectivity index (χ4n) is 2.85. The molecule has 0 atom stereocenters. The number of benzene rings is 1. The highest BCUT2D eigenvalue weighted by Gasteiger charge is 2.22. The van der Waals surface area contributed by atoms with Gasteiger partial charge in [-0.2, -0.15) is 0 Å². The van der Waals surface area contributed by atoms with Gasteiger partial charge in [-0.1, -0.05) is 12.1 Å². The molecule has 25 heavy (non-hydrogen) atoms. The number of rotatable bonds is 7. The summed E-state index contributed by atoms with van der Waals surface area (Å²) in [7, 11) is 0. The molecule has 0 spiro atoms. The summed E-state index contributed by atoms with van der Waals surface area (Å²) in [6.45, 7) is 6.35. The van der Waals surface area contributed by atoms with Crippen LogP contribution in [-0.4, -0.2) is 67.4 Å². The summed E-state index contributed by atoms with van der Waals surface area (Å²) < 4.78 is 5.59. The first kappa shape index (κ1) is 18.8. The van der Waals surface area contributed by atoms with Gasteiger partial charge in [-0.05, 0) is 19.1 Å². The predicted molar refractivity (Wildman–Crippen MR) is 94.5 cm³/mol. The molecular formula is C18H25N3O4. The van der Waals surface area contributed by atoms with Crippen molar-refractivity contribution in [3.63, 3.8) is 0 Å². The number of ether oxygens (including phenoxy) is 1. The van der Waals surface area contributed by atoms with Crippen LogP contribution in [0.2, 0.25) is 0 Å². The molecule has 1 fully saturated rings. The number of para-hydroxylation sites is 2. The minimum Gasteiger partial charge on any atom is -0.492 e. The lowest BCUT2D eigenvalue weighted by Crippen LogP contribution is -2.48. The largest absolute Gasteiger partial charge is 0.492 e. The van der Waals surface area contributed by atoms with Gasteiger partial charge in [0, 0.05) is 46.1 Å². The molecule has 136 valence electrons. The Morgan fingerprint density at radius 2 is 1.88 bits per heavy atom. The third-order valence-electron chi connectivity index (χ3n) is 4.20. The predicted octanol–water partition coefficient (Wildman–Crippen LogP) is 1.13. The van der Waals surface area contributed by atoms with Crippen LogP contribution in [0.4, 0.5) is 5.69 Å². The number of hydrogen-bond acceptors (Lipinski definition) is 4. The van der Waals surface area contributed by atoms with Crippen LogP contribution < -0.4 is 9.64 Å². The Morgan fingerprint density at radius 3 is 2.48 bits per heavy atom. The number of carbonyl (C=O) groups excluding carboxylic acids is 3. The van der Waals surface area contributed by atoms with Gasteiger partial charge in [0.2, 0.25) is 18.2 Å². The first-order valence-electron chi connectivity index (χ1n) is 8.53. The molecule has 0 radical (unpaired) electrons. The Labute approximate surface area is 148 Å². The van der Waals surface area contributed by atoms with Crippen molar-refractivity contribution in [1.29, 1.82) is 0 Å². The molecule has 0 aromatic heterocycles. The molecule has 0 saturated carbocycles. The Balaban J connectivity index is 2.00. The molecule has 1 aliphatic heterocycles. The summed E-state index contributed by atoms with van der Waals surface area (Å²) in [6, 6.07) is 7.33. The van der Waals surface area contributed by atoms with Gasteiger partial charge in [-0.3, -0.25) is 14.4 Å². The molecule has 1 aromatic carbocycles. The quantitative estimate of drug-likeness (QED) is 0.693. The topological polar surface area (TPSA) is 70.2 Å². The van der Waals surface area contributed by atoms with E-state index in [0.29, 0.717) is 50.8 Å². The van der Waals surface area contributed by atoms with Crippen molar-refractivity contribution >= 4 is 23.9 Å². The molecule has 1 saturated heterocycles. The third-order valence-corrected chi connectivity index (χ3v) is 4.20. The molecule has 0 N–H and O–H groups in total. The smallest absolute Gasteiger partial charge is 0.224 e. The van der Waals surface area contributed by atoms with E-state index >= 15 is 0 Å². The summed E-state index contributed by atoms with van der Waals surface area (Å²) in [5, 5.41) is 0. The lowest BCUT2D eigenvalue weighted by atomic mass is 10.2. The van der Waals surface area contributed by atoms with Crippen LogP contribution in [0.1, 0.15) is 20.3 Å². The highest BCUT2D eigenvalue weighted by molar-refractivity contribution is 5.93. The van der Waals surface area contributed by atoms with E-state index in [2.05, 4.69) is 0 Å². The Hall–Kier alpha value is -2.57. The Kier molecular flexibility index (Phi) is 6.80. The molecular weight excluding hydrogens is 322 g/mol. The second-order valence-corrected chi connectivity index (χ2v) is 5.84. The van der Waals surface area contributed by atoms with Gasteiger partial charge < -0.3 is 19.4 Å². The fourth-order valence-corrected chi connectivity index (χ4v) is 2.85. The third kappa shape index (κ3) is 4.95. The van der Waals surface area contributed by atoms with E-state index in [1.807, 2.05) is 31.2 Å². The summed E-state index contributed by atoms with van der Waals surface area (Å²) in [5.41, 5.74) is 0.676. The van der Waals surface area contributed by atoms with Crippen molar-refractivity contribution in [3.05, 3.63) is 24.3 Å². The first-order chi connectivity index (χ1) is 12.1. The molecule has 1 aromatic rings. The van der Waals surface area contributed by atoms with Gasteiger partial charge in [-0.25, -0.2) is 0 Å². The van der Waals surface area contributed by atoms with Crippen LogP contribution in [-0.2, 0) is 14.4 Å². The van der Waals surface area contributed by atoms with E-state index in [-0.39, 0.29) is 18.2 Å². The van der Waals surface area contributed by atoms with Crippen LogP contribution in [0.25, 0.3) is 0 Å². The molecule has 1 aliphatic rings. The summed E-state index contributed by atoms with van der Waals surface area (Å²) >= 11 is 0. The van der Waals surface area contributed by atoms with E-state index in [4.69, 9.17) is 4.74 Å². The average molecular weight is 347 g/mol. The molecule has 0 unspecified atom stereocenters. The van der Waals surface area contributed by atoms with Gasteiger partial charge in [0.15, 0.2) is 0 Å². The van der Waals surface area contributed by atoms with Crippen molar-refractivity contribution in [3.8, 4) is 5.75 Å². The van der Waals surface area contributed by atoms with E-state index in [1.165, 1.54) is 6.92 Å². The highest BCUT2D eigenvalue weighted by atomic mass is 16.5. The molecule has 0 bridgehead atoms. The van der Waals surface area contributed by atoms with Crippen molar-refractivity contribution < 1.29 is 19.1 Å². The molecule has 0 aliphatic carbocycles. The Bertz CT molecular complexity index is 612. The van der Waals surface area contributed by atoms with Crippen molar-refractivity contribution in [2.24, 2.45) is 0 Å². The van der Waals surface area contributed by atoms with E-state index in [0.717, 1.165) is 6.41 Å². The molecule has 2 rings (SSSR count). The van der Waals surface area contributed by atoms with E-state index in [1.54, 1.807) is 14.7 Å². The van der Waals surface area contributed by atoms with E-state index < -0.39 is 0 Å². The van der Waals surface area contributed by atoms with Crippen LogP contribution >= 0.6 is 0 Å². The standard InChI is InChI=1S/C18H25N3O4/c1-3-25-17-7-5-4-6-16(17)21(15(2)23)9-8-18(24)20-12-10-19(14-22)11-13-20/h4-7,14H,3,8-13H2,1-2H3. The second kappa shape index (κ2) is 9.05. The molecule has 7 heteroatoms. The zero-order chi connectivity index (χ0) is 18.2. The lowest BCUT2D eigenvalue weighted by Gasteiger charge is -2.33. The van der Waals surface area contributed by atoms with Crippen molar-refractivity contribution in [2.45, 2.75) is 20.3 Å². The summed E-state index contributed by atoms with van der Waals surface area (Å²) in [4.78, 5) is 40.2. The summed E-state index contributed by atoms with van der Waals surface area (Å²) in [6.07, 6.45) is 1.05. The van der Waals surface area contributed by atoms with Gasteiger partial charge in [0.1, 0.15) is 5.75 Å². The fraction of sp³-hybridized carbons (Fsp3) is 0.500. The molecule has 1 heterocycles. The number of anilines is 1. The van der Waals surface area contributed by atoms with E-state index in [9.17, 15) is 14.4 Å². The lowest BCUT2D eigenvalue weighted by molar-refractivity contribution is -0.135. The number of hydrogen-bond donors (Lipinski definition) is 0. The zero-order valence-corrected chi connectivity index (χ0v) is 14.8. The molecule has 3 amide bonds. The minimum atomic E-state index is -0.134. The maximum atomic E-state index is 12.4. The van der Waals surface area contributed by atoms with Crippen LogP contribution in [0.3, 0.4) is 0 Å². The Morgan fingerprint density at radius 1 is 1.20 bits per heavy atom. The van der Waals surface area contributed by atoms with Gasteiger partial charge in [0.05, 0.1) is 12.3 Å². The van der Waals surface area contributed by atoms with Gasteiger partial charge in [0.25, 0.3) is 0 Å². The van der Waals surface area contributed by atoms with Crippen LogP contribution in [0, 0.1) is 0 Å². The average Bonchev–Trinajstić information content (AvgIpc) is 2.63. The monoisotopic (exact) mass is 347 g/mol. The number of piperazine rings is 1.